The Bertz CT molecular complexity index is 756. The first-order valence-corrected chi connectivity index (χ1v) is 9.70. The lowest BCUT2D eigenvalue weighted by Gasteiger charge is -2.23. The smallest absolute Gasteiger partial charge is 0.349 e. The molecule has 0 spiro atoms. The molecule has 4 rings (SSSR count). The second-order valence-electron chi connectivity index (χ2n) is 6.64. The zero-order valence-corrected chi connectivity index (χ0v) is 14.9. The molecule has 5 heteroatoms. The van der Waals surface area contributed by atoms with Crippen LogP contribution in [0.3, 0.4) is 0 Å². The highest BCUT2D eigenvalue weighted by molar-refractivity contribution is 7.14. The van der Waals surface area contributed by atoms with Crippen LogP contribution in [-0.2, 0) is 22.4 Å². The van der Waals surface area contributed by atoms with E-state index in [0.717, 1.165) is 50.8 Å². The monoisotopic (exact) mass is 355 g/mol. The van der Waals surface area contributed by atoms with Crippen molar-refractivity contribution in [1.29, 1.82) is 0 Å². The molecule has 1 aliphatic carbocycles. The van der Waals surface area contributed by atoms with Gasteiger partial charge >= 0.3 is 5.97 Å². The summed E-state index contributed by atoms with van der Waals surface area (Å²) in [4.78, 5) is 29.3. The fourth-order valence-corrected chi connectivity index (χ4v) is 4.72. The molecule has 0 N–H and O–H groups in total. The van der Waals surface area contributed by atoms with Crippen molar-refractivity contribution < 1.29 is 14.3 Å². The lowest BCUT2D eigenvalue weighted by Crippen LogP contribution is -2.34. The largest absolute Gasteiger partial charge is 0.443 e. The Morgan fingerprint density at radius 3 is 2.52 bits per heavy atom. The molecule has 1 amide bonds. The Labute approximate surface area is 151 Å². The number of aryl methyl sites for hydroxylation is 2. The van der Waals surface area contributed by atoms with Gasteiger partial charge in [0.2, 0.25) is 6.10 Å². The van der Waals surface area contributed by atoms with E-state index in [0.29, 0.717) is 4.88 Å². The Morgan fingerprint density at radius 2 is 1.80 bits per heavy atom. The quantitative estimate of drug-likeness (QED) is 0.785. The van der Waals surface area contributed by atoms with E-state index >= 15 is 0 Å². The highest BCUT2D eigenvalue weighted by Gasteiger charge is 2.32. The van der Waals surface area contributed by atoms with Crippen LogP contribution >= 0.6 is 11.3 Å². The number of carbonyl (C=O) groups is 2. The maximum Gasteiger partial charge on any atom is 0.349 e. The van der Waals surface area contributed by atoms with Crippen molar-refractivity contribution >= 4 is 23.2 Å². The second kappa shape index (κ2) is 7.00. The van der Waals surface area contributed by atoms with Gasteiger partial charge in [0.05, 0.1) is 0 Å². The van der Waals surface area contributed by atoms with Crippen molar-refractivity contribution in [1.82, 2.24) is 4.90 Å². The summed E-state index contributed by atoms with van der Waals surface area (Å²) < 4.78 is 5.71. The molecule has 1 aromatic heterocycles. The van der Waals surface area contributed by atoms with E-state index < -0.39 is 6.10 Å². The van der Waals surface area contributed by atoms with Crippen LogP contribution in [0.5, 0.6) is 0 Å². The van der Waals surface area contributed by atoms with Crippen molar-refractivity contribution in [2.75, 3.05) is 13.1 Å². The first-order valence-electron chi connectivity index (χ1n) is 8.88. The van der Waals surface area contributed by atoms with Crippen molar-refractivity contribution in [2.45, 2.75) is 38.2 Å². The third kappa shape index (κ3) is 3.33. The molecular weight excluding hydrogens is 334 g/mol. The molecule has 1 atom stereocenters. The zero-order chi connectivity index (χ0) is 17.2. The van der Waals surface area contributed by atoms with Crippen molar-refractivity contribution in [3.8, 4) is 0 Å². The Balaban J connectivity index is 1.56. The van der Waals surface area contributed by atoms with Gasteiger partial charge in [-0.25, -0.2) is 4.79 Å². The summed E-state index contributed by atoms with van der Waals surface area (Å²) in [5, 5.41) is 0. The molecule has 130 valence electrons. The predicted octanol–water partition coefficient (Wildman–Crippen LogP) is 3.76. The minimum absolute atomic E-state index is 0.110. The van der Waals surface area contributed by atoms with E-state index in [4.69, 9.17) is 4.74 Å². The Kier molecular flexibility index (Phi) is 4.57. The van der Waals surface area contributed by atoms with Gasteiger partial charge in [-0.3, -0.25) is 4.79 Å². The number of amides is 1. The van der Waals surface area contributed by atoms with Crippen LogP contribution in [0.2, 0.25) is 0 Å². The van der Waals surface area contributed by atoms with Gasteiger partial charge in [0.15, 0.2) is 0 Å². The van der Waals surface area contributed by atoms with Crippen LogP contribution in [0.4, 0.5) is 0 Å². The molecule has 0 bridgehead atoms. The molecule has 1 aliphatic heterocycles. The van der Waals surface area contributed by atoms with Crippen LogP contribution in [0.15, 0.2) is 36.4 Å². The number of rotatable bonds is 4. The molecule has 1 aromatic carbocycles. The molecule has 25 heavy (non-hydrogen) atoms. The average molecular weight is 355 g/mol. The fraction of sp³-hybridized carbons (Fsp3) is 0.400. The number of hydrogen-bond donors (Lipinski definition) is 0. The van der Waals surface area contributed by atoms with Crippen molar-refractivity contribution in [3.63, 3.8) is 0 Å². The number of likely N-dealkylation sites (tertiary alicyclic amines) is 1. The number of thiophene rings is 1. The summed E-state index contributed by atoms with van der Waals surface area (Å²) >= 11 is 1.51. The summed E-state index contributed by atoms with van der Waals surface area (Å²) in [6, 6.07) is 11.3. The maximum atomic E-state index is 12.9. The number of carbonyl (C=O) groups excluding carboxylic acids is 2. The summed E-state index contributed by atoms with van der Waals surface area (Å²) in [6.45, 7) is 1.49. The van der Waals surface area contributed by atoms with Crippen LogP contribution in [0.1, 0.15) is 51.0 Å². The standard InChI is InChI=1S/C20H21NO3S/c22-19(21-11-4-5-12-21)18(14-7-2-1-3-8-14)24-20(23)17-13-15-9-6-10-16(15)25-17/h1-3,7-8,13,18H,4-6,9-12H2/t18-/m1/s1. The summed E-state index contributed by atoms with van der Waals surface area (Å²) in [5.74, 6) is -0.498. The van der Waals surface area contributed by atoms with Gasteiger partial charge in [-0.15, -0.1) is 11.3 Å². The van der Waals surface area contributed by atoms with E-state index in [1.807, 2.05) is 36.4 Å². The number of fused-ring (bicyclic) bond motifs is 1. The first kappa shape index (κ1) is 16.3. The van der Waals surface area contributed by atoms with Gasteiger partial charge in [0.1, 0.15) is 4.88 Å². The summed E-state index contributed by atoms with van der Waals surface area (Å²) in [7, 11) is 0. The van der Waals surface area contributed by atoms with Gasteiger partial charge < -0.3 is 9.64 Å². The minimum Gasteiger partial charge on any atom is -0.443 e. The molecular formula is C20H21NO3S. The molecule has 1 saturated heterocycles. The van der Waals surface area contributed by atoms with Gasteiger partial charge in [-0.05, 0) is 43.7 Å². The third-order valence-electron chi connectivity index (χ3n) is 4.92. The van der Waals surface area contributed by atoms with Crippen LogP contribution < -0.4 is 0 Å². The molecule has 0 saturated carbocycles. The Hall–Kier alpha value is -2.14. The molecule has 2 heterocycles. The number of ether oxygens (including phenoxy) is 1. The van der Waals surface area contributed by atoms with Crippen LogP contribution in [0.25, 0.3) is 0 Å². The van der Waals surface area contributed by atoms with E-state index in [1.54, 1.807) is 4.90 Å². The third-order valence-corrected chi connectivity index (χ3v) is 6.13. The number of hydrogen-bond acceptors (Lipinski definition) is 4. The molecule has 0 unspecified atom stereocenters. The van der Waals surface area contributed by atoms with Gasteiger partial charge in [0.25, 0.3) is 5.91 Å². The molecule has 2 aromatic rings. The molecule has 1 fully saturated rings. The molecule has 0 radical (unpaired) electrons. The molecule has 2 aliphatic rings. The lowest BCUT2D eigenvalue weighted by molar-refractivity contribution is -0.140. The maximum absolute atomic E-state index is 12.9. The van der Waals surface area contributed by atoms with Crippen LogP contribution in [0, 0.1) is 0 Å². The fourth-order valence-electron chi connectivity index (χ4n) is 3.59. The summed E-state index contributed by atoms with van der Waals surface area (Å²) in [6.07, 6.45) is 4.41. The Morgan fingerprint density at radius 1 is 1.04 bits per heavy atom. The normalized spacial score (nSPS) is 17.4. The summed E-state index contributed by atoms with van der Waals surface area (Å²) in [5.41, 5.74) is 2.00. The van der Waals surface area contributed by atoms with E-state index in [2.05, 4.69) is 0 Å². The van der Waals surface area contributed by atoms with Gasteiger partial charge in [-0.2, -0.15) is 0 Å². The highest BCUT2D eigenvalue weighted by Crippen LogP contribution is 2.32. The zero-order valence-electron chi connectivity index (χ0n) is 14.1. The number of benzene rings is 1. The average Bonchev–Trinajstić information content (AvgIpc) is 3.36. The minimum atomic E-state index is -0.858. The van der Waals surface area contributed by atoms with Crippen LogP contribution in [-0.4, -0.2) is 29.9 Å². The number of esters is 1. The number of nitrogens with zero attached hydrogens (tertiary/aromatic N) is 1. The van der Waals surface area contributed by atoms with E-state index in [9.17, 15) is 9.59 Å². The van der Waals surface area contributed by atoms with E-state index in [1.165, 1.54) is 21.8 Å². The van der Waals surface area contributed by atoms with E-state index in [-0.39, 0.29) is 11.9 Å². The van der Waals surface area contributed by atoms with Crippen molar-refractivity contribution in [2.24, 2.45) is 0 Å². The van der Waals surface area contributed by atoms with Gasteiger partial charge in [-0.1, -0.05) is 30.3 Å². The SMILES string of the molecule is O=C(O[C@@H](C(=O)N1CCCC1)c1ccccc1)c1cc2c(s1)CCC2. The topological polar surface area (TPSA) is 46.6 Å². The highest BCUT2D eigenvalue weighted by atomic mass is 32.1. The predicted molar refractivity (Wildman–Crippen MR) is 96.8 cm³/mol. The molecule has 4 nitrogen and oxygen atoms in total. The second-order valence-corrected chi connectivity index (χ2v) is 7.78. The van der Waals surface area contributed by atoms with Crippen molar-refractivity contribution in [3.05, 3.63) is 57.3 Å². The lowest BCUT2D eigenvalue weighted by atomic mass is 10.1. The van der Waals surface area contributed by atoms with Gasteiger partial charge in [0, 0.05) is 23.5 Å². The first-order chi connectivity index (χ1) is 12.2.